The molecule has 32 heavy (non-hydrogen) atoms. The predicted octanol–water partition coefficient (Wildman–Crippen LogP) is 4.90. The second kappa shape index (κ2) is 12.8. The maximum Gasteiger partial charge on any atom is 0.227 e. The predicted molar refractivity (Wildman–Crippen MR) is 145 cm³/mol. The second-order valence-electron chi connectivity index (χ2n) is 7.51. The summed E-state index contributed by atoms with van der Waals surface area (Å²) >= 11 is 1.60. The molecule has 0 radical (unpaired) electrons. The first-order valence-corrected chi connectivity index (χ1v) is 11.3. The van der Waals surface area contributed by atoms with Crippen LogP contribution in [-0.4, -0.2) is 30.6 Å². The number of carbonyl (C=O) groups is 1. The smallest absolute Gasteiger partial charge is 0.227 e. The van der Waals surface area contributed by atoms with Gasteiger partial charge in [-0.1, -0.05) is 44.2 Å². The Labute approximate surface area is 210 Å². The molecule has 0 bridgehead atoms. The summed E-state index contributed by atoms with van der Waals surface area (Å²) in [5.41, 5.74) is 1.81. The van der Waals surface area contributed by atoms with Crippen molar-refractivity contribution in [2.75, 3.05) is 18.9 Å². The minimum Gasteiger partial charge on any atom is -0.386 e. The van der Waals surface area contributed by atoms with Crippen molar-refractivity contribution in [3.63, 3.8) is 0 Å². The van der Waals surface area contributed by atoms with Crippen LogP contribution in [0.15, 0.2) is 59.6 Å². The fourth-order valence-corrected chi connectivity index (χ4v) is 4.13. The number of hydrogen-bond donors (Lipinski definition) is 4. The van der Waals surface area contributed by atoms with Crippen LogP contribution in [0.5, 0.6) is 0 Å². The molecule has 3 aromatic rings. The molecule has 0 spiro atoms. The molecule has 0 aliphatic heterocycles. The summed E-state index contributed by atoms with van der Waals surface area (Å²) in [6.45, 7) is 4.83. The average Bonchev–Trinajstić information content (AvgIpc) is 3.23. The Kier molecular flexibility index (Phi) is 10.4. The Hall–Kier alpha value is -2.17. The zero-order valence-electron chi connectivity index (χ0n) is 18.6. The number of hydrogen-bond acceptors (Lipinski definition) is 4. The highest BCUT2D eigenvalue weighted by molar-refractivity contribution is 14.0. The van der Waals surface area contributed by atoms with Crippen LogP contribution in [0.25, 0.3) is 10.1 Å². The van der Waals surface area contributed by atoms with Gasteiger partial charge in [0.05, 0.1) is 0 Å². The van der Waals surface area contributed by atoms with Crippen LogP contribution in [0.1, 0.15) is 36.8 Å². The maximum atomic E-state index is 12.1. The molecule has 2 unspecified atom stereocenters. The van der Waals surface area contributed by atoms with E-state index in [1.807, 2.05) is 56.3 Å². The summed E-state index contributed by atoms with van der Waals surface area (Å²) in [7, 11) is 1.70. The molecule has 0 fully saturated rings. The number of halogens is 1. The average molecular weight is 567 g/mol. The molecule has 2 aromatic carbocycles. The van der Waals surface area contributed by atoms with E-state index >= 15 is 0 Å². The Bertz CT molecular complexity index is 1020. The molecule has 0 aliphatic rings. The number of rotatable bonds is 8. The lowest BCUT2D eigenvalue weighted by molar-refractivity contribution is -0.119. The molecule has 8 heteroatoms. The van der Waals surface area contributed by atoms with Gasteiger partial charge in [-0.15, -0.1) is 35.3 Å². The Morgan fingerprint density at radius 2 is 1.91 bits per heavy atom. The zero-order chi connectivity index (χ0) is 22.2. The molecule has 1 amide bonds. The van der Waals surface area contributed by atoms with Gasteiger partial charge in [-0.2, -0.15) is 0 Å². The second-order valence-corrected chi connectivity index (χ2v) is 8.62. The highest BCUT2D eigenvalue weighted by Gasteiger charge is 2.13. The fraction of sp³-hybridized carbons (Fsp3) is 0.333. The number of aliphatic hydroxyl groups is 1. The first kappa shape index (κ1) is 26.1. The number of carbonyl (C=O) groups excluding carboxylic acids is 1. The van der Waals surface area contributed by atoms with Crippen LogP contribution in [0, 0.1) is 5.92 Å². The lowest BCUT2D eigenvalue weighted by Crippen LogP contribution is -2.38. The quantitative estimate of drug-likeness (QED) is 0.178. The highest BCUT2D eigenvalue weighted by atomic mass is 127. The standard InChI is InChI=1S/C24H30N4O2S.HI/c1-4-16(2)23(30)28-19-10-7-8-17(12-19)14-26-24(25-3)27-15-20(29)22-13-18-9-5-6-11-21(18)31-22;/h5-13,16,20,29H,4,14-15H2,1-3H3,(H,28,30)(H2,25,26,27);1H. The van der Waals surface area contributed by atoms with Gasteiger partial charge in [0.2, 0.25) is 5.91 Å². The van der Waals surface area contributed by atoms with Gasteiger partial charge >= 0.3 is 0 Å². The number of fused-ring (bicyclic) bond motifs is 1. The summed E-state index contributed by atoms with van der Waals surface area (Å²) in [5.74, 6) is 0.617. The third-order valence-electron chi connectivity index (χ3n) is 5.17. The summed E-state index contributed by atoms with van der Waals surface area (Å²) in [6.07, 6.45) is 0.192. The maximum absolute atomic E-state index is 12.1. The third kappa shape index (κ3) is 7.18. The van der Waals surface area contributed by atoms with Crippen LogP contribution in [0.3, 0.4) is 0 Å². The number of guanidine groups is 1. The third-order valence-corrected chi connectivity index (χ3v) is 6.39. The first-order chi connectivity index (χ1) is 15.0. The summed E-state index contributed by atoms with van der Waals surface area (Å²) in [4.78, 5) is 17.3. The molecule has 172 valence electrons. The molecular weight excluding hydrogens is 535 g/mol. The summed E-state index contributed by atoms with van der Waals surface area (Å²) < 4.78 is 1.17. The molecule has 6 nitrogen and oxygen atoms in total. The van der Waals surface area contributed by atoms with Crippen molar-refractivity contribution in [3.05, 3.63) is 65.0 Å². The number of amides is 1. The van der Waals surface area contributed by atoms with Crippen LogP contribution in [0.2, 0.25) is 0 Å². The monoisotopic (exact) mass is 566 g/mol. The van der Waals surface area contributed by atoms with Crippen molar-refractivity contribution in [1.82, 2.24) is 10.6 Å². The first-order valence-electron chi connectivity index (χ1n) is 10.5. The van der Waals surface area contributed by atoms with Gasteiger partial charge in [0.15, 0.2) is 5.96 Å². The number of benzene rings is 2. The van der Waals surface area contributed by atoms with E-state index < -0.39 is 6.10 Å². The van der Waals surface area contributed by atoms with Gasteiger partial charge in [-0.05, 0) is 41.6 Å². The molecule has 2 atom stereocenters. The largest absolute Gasteiger partial charge is 0.386 e. The highest BCUT2D eigenvalue weighted by Crippen LogP contribution is 2.29. The van der Waals surface area contributed by atoms with E-state index in [0.29, 0.717) is 19.0 Å². The molecule has 0 saturated carbocycles. The lowest BCUT2D eigenvalue weighted by Gasteiger charge is -2.15. The van der Waals surface area contributed by atoms with Gasteiger partial charge in [0.1, 0.15) is 6.10 Å². The van der Waals surface area contributed by atoms with E-state index in [-0.39, 0.29) is 35.8 Å². The number of nitrogens with zero attached hydrogens (tertiary/aromatic N) is 1. The van der Waals surface area contributed by atoms with Crippen LogP contribution in [0.4, 0.5) is 5.69 Å². The number of aliphatic hydroxyl groups excluding tert-OH is 1. The van der Waals surface area contributed by atoms with Crippen molar-refractivity contribution < 1.29 is 9.90 Å². The molecular formula is C24H31IN4O2S. The van der Waals surface area contributed by atoms with Crippen LogP contribution >= 0.6 is 35.3 Å². The Balaban J connectivity index is 0.00000363. The van der Waals surface area contributed by atoms with Crippen molar-refractivity contribution >= 4 is 63.0 Å². The molecule has 4 N–H and O–H groups in total. The van der Waals surface area contributed by atoms with Gasteiger partial charge in [-0.25, -0.2) is 0 Å². The van der Waals surface area contributed by atoms with Gasteiger partial charge in [0.25, 0.3) is 0 Å². The number of anilines is 1. The lowest BCUT2D eigenvalue weighted by atomic mass is 10.1. The van der Waals surface area contributed by atoms with E-state index in [0.717, 1.165) is 27.9 Å². The number of thiophene rings is 1. The summed E-state index contributed by atoms with van der Waals surface area (Å²) in [6, 6.07) is 17.9. The molecule has 3 rings (SSSR count). The van der Waals surface area contributed by atoms with Crippen LogP contribution in [-0.2, 0) is 11.3 Å². The number of aliphatic imine (C=N–C) groups is 1. The van der Waals surface area contributed by atoms with Gasteiger partial charge < -0.3 is 21.1 Å². The summed E-state index contributed by atoms with van der Waals surface area (Å²) in [5, 5.41) is 21.1. The van der Waals surface area contributed by atoms with E-state index in [1.54, 1.807) is 18.4 Å². The van der Waals surface area contributed by atoms with Gasteiger partial charge in [-0.3, -0.25) is 9.79 Å². The Morgan fingerprint density at radius 1 is 1.12 bits per heavy atom. The van der Waals surface area contributed by atoms with Gasteiger partial charge in [0, 0.05) is 41.3 Å². The van der Waals surface area contributed by atoms with E-state index in [2.05, 4.69) is 33.1 Å². The fourth-order valence-electron chi connectivity index (χ4n) is 3.08. The zero-order valence-corrected chi connectivity index (χ0v) is 21.7. The topological polar surface area (TPSA) is 85.8 Å². The van der Waals surface area contributed by atoms with Crippen molar-refractivity contribution in [2.24, 2.45) is 10.9 Å². The minimum absolute atomic E-state index is 0. The van der Waals surface area contributed by atoms with E-state index in [9.17, 15) is 9.90 Å². The van der Waals surface area contributed by atoms with E-state index in [4.69, 9.17) is 0 Å². The Morgan fingerprint density at radius 3 is 2.62 bits per heavy atom. The molecule has 0 saturated heterocycles. The van der Waals surface area contributed by atoms with Crippen LogP contribution < -0.4 is 16.0 Å². The SMILES string of the molecule is CCC(C)C(=O)Nc1cccc(CNC(=NC)NCC(O)c2cc3ccccc3s2)c1.I. The molecule has 0 aliphatic carbocycles. The minimum atomic E-state index is -0.616. The normalized spacial score (nSPS) is 13.2. The molecule has 1 heterocycles. The van der Waals surface area contributed by atoms with E-state index in [1.165, 1.54) is 4.70 Å². The van der Waals surface area contributed by atoms with Crippen molar-refractivity contribution in [1.29, 1.82) is 0 Å². The van der Waals surface area contributed by atoms with Crippen molar-refractivity contribution in [2.45, 2.75) is 32.9 Å². The number of nitrogens with one attached hydrogen (secondary N) is 3. The molecule has 1 aromatic heterocycles. The van der Waals surface area contributed by atoms with Crippen molar-refractivity contribution in [3.8, 4) is 0 Å².